The lowest BCUT2D eigenvalue weighted by Crippen LogP contribution is -2.29. The fourth-order valence-electron chi connectivity index (χ4n) is 1.28. The third-order valence-electron chi connectivity index (χ3n) is 2.14. The highest BCUT2D eigenvalue weighted by Gasteiger charge is 2.16. The van der Waals surface area contributed by atoms with Gasteiger partial charge < -0.3 is 14.6 Å². The molecule has 1 aromatic rings. The van der Waals surface area contributed by atoms with E-state index in [9.17, 15) is 9.59 Å². The lowest BCUT2D eigenvalue weighted by Gasteiger charge is -2.08. The highest BCUT2D eigenvalue weighted by molar-refractivity contribution is 5.88. The summed E-state index contributed by atoms with van der Waals surface area (Å²) < 4.78 is 6.06. The van der Waals surface area contributed by atoms with E-state index in [1.165, 1.54) is 17.9 Å². The van der Waals surface area contributed by atoms with Crippen LogP contribution in [-0.4, -0.2) is 35.1 Å². The van der Waals surface area contributed by atoms with Gasteiger partial charge in [-0.1, -0.05) is 5.92 Å². The quantitative estimate of drug-likeness (QED) is 0.576. The molecule has 1 aromatic heterocycles. The van der Waals surface area contributed by atoms with E-state index in [2.05, 4.69) is 21.0 Å². The first kappa shape index (κ1) is 12.8. The third-order valence-corrected chi connectivity index (χ3v) is 2.14. The van der Waals surface area contributed by atoms with Crippen LogP contribution < -0.4 is 5.32 Å². The summed E-state index contributed by atoms with van der Waals surface area (Å²) in [4.78, 5) is 26.8. The third kappa shape index (κ3) is 3.08. The van der Waals surface area contributed by atoms with Gasteiger partial charge in [0.25, 0.3) is 0 Å². The van der Waals surface area contributed by atoms with Gasteiger partial charge >= 0.3 is 5.97 Å². The second-order valence-corrected chi connectivity index (χ2v) is 3.25. The molecule has 90 valence electrons. The van der Waals surface area contributed by atoms with Gasteiger partial charge in [0, 0.05) is 0 Å². The number of carbonyl (C=O) groups excluding carboxylic acids is 2. The van der Waals surface area contributed by atoms with Crippen molar-refractivity contribution >= 4 is 11.9 Å². The molecule has 0 aromatic carbocycles. The first-order valence-electron chi connectivity index (χ1n) is 4.90. The van der Waals surface area contributed by atoms with Gasteiger partial charge in [-0.05, 0) is 6.92 Å². The number of rotatable bonds is 4. The van der Waals surface area contributed by atoms with Gasteiger partial charge in [0.2, 0.25) is 5.91 Å². The van der Waals surface area contributed by atoms with Crippen LogP contribution in [-0.2, 0) is 16.1 Å². The number of aryl methyl sites for hydroxylation is 1. The van der Waals surface area contributed by atoms with E-state index < -0.39 is 5.97 Å². The summed E-state index contributed by atoms with van der Waals surface area (Å²) in [7, 11) is 1.27. The number of methoxy groups -OCH3 is 1. The zero-order chi connectivity index (χ0) is 12.8. The second kappa shape index (κ2) is 5.70. The van der Waals surface area contributed by atoms with Crippen molar-refractivity contribution in [2.45, 2.75) is 13.5 Å². The Kier molecular flexibility index (Phi) is 4.29. The molecule has 1 N–H and O–H groups in total. The topological polar surface area (TPSA) is 73.2 Å². The molecule has 0 spiro atoms. The van der Waals surface area contributed by atoms with Gasteiger partial charge in [-0.3, -0.25) is 4.79 Å². The number of ether oxygens (including phenoxy) is 1. The zero-order valence-corrected chi connectivity index (χ0v) is 9.69. The maximum absolute atomic E-state index is 11.5. The van der Waals surface area contributed by atoms with Gasteiger partial charge in [-0.15, -0.1) is 6.42 Å². The number of imidazole rings is 1. The van der Waals surface area contributed by atoms with Gasteiger partial charge in [0.1, 0.15) is 18.1 Å². The van der Waals surface area contributed by atoms with Gasteiger partial charge in [-0.2, -0.15) is 0 Å². The van der Waals surface area contributed by atoms with Gasteiger partial charge in [-0.25, -0.2) is 9.78 Å². The summed E-state index contributed by atoms with van der Waals surface area (Å²) in [5.41, 5.74) is 0.237. The van der Waals surface area contributed by atoms with E-state index >= 15 is 0 Å². The number of hydrogen-bond donors (Lipinski definition) is 1. The molecule has 6 nitrogen and oxygen atoms in total. The predicted molar refractivity (Wildman–Crippen MR) is 60.1 cm³/mol. The van der Waals surface area contributed by atoms with Crippen LogP contribution in [0.1, 0.15) is 16.3 Å². The summed E-state index contributed by atoms with van der Waals surface area (Å²) in [5.74, 6) is 2.03. The van der Waals surface area contributed by atoms with E-state index in [1.54, 1.807) is 6.92 Å². The molecule has 17 heavy (non-hydrogen) atoms. The molecule has 0 saturated carbocycles. The number of nitrogens with one attached hydrogen (secondary N) is 1. The molecule has 0 unspecified atom stereocenters. The maximum Gasteiger partial charge on any atom is 0.356 e. The Morgan fingerprint density at radius 1 is 1.65 bits per heavy atom. The van der Waals surface area contributed by atoms with E-state index in [1.807, 2.05) is 0 Å². The van der Waals surface area contributed by atoms with Crippen molar-refractivity contribution in [3.63, 3.8) is 0 Å². The summed E-state index contributed by atoms with van der Waals surface area (Å²) in [6, 6.07) is 0. The summed E-state index contributed by atoms with van der Waals surface area (Å²) >= 11 is 0. The molecule has 0 fully saturated rings. The molecule has 0 aliphatic carbocycles. The van der Waals surface area contributed by atoms with Crippen LogP contribution >= 0.6 is 0 Å². The minimum Gasteiger partial charge on any atom is -0.464 e. The smallest absolute Gasteiger partial charge is 0.356 e. The summed E-state index contributed by atoms with van der Waals surface area (Å²) in [5, 5.41) is 2.51. The van der Waals surface area contributed by atoms with Crippen LogP contribution in [0.25, 0.3) is 0 Å². The minimum atomic E-state index is -0.532. The normalized spacial score (nSPS) is 9.47. The van der Waals surface area contributed by atoms with Gasteiger partial charge in [0.15, 0.2) is 0 Å². The summed E-state index contributed by atoms with van der Waals surface area (Å²) in [6.07, 6.45) is 6.39. The van der Waals surface area contributed by atoms with Crippen molar-refractivity contribution in [1.29, 1.82) is 0 Å². The molecule has 0 aliphatic heterocycles. The molecule has 1 rings (SSSR count). The first-order chi connectivity index (χ1) is 8.10. The number of terminal acetylenes is 1. The average Bonchev–Trinajstić information content (AvgIpc) is 2.67. The Bertz CT molecular complexity index is 471. The number of aromatic nitrogens is 2. The van der Waals surface area contributed by atoms with Crippen molar-refractivity contribution < 1.29 is 14.3 Å². The van der Waals surface area contributed by atoms with Crippen LogP contribution in [0.4, 0.5) is 0 Å². The van der Waals surface area contributed by atoms with E-state index in [0.717, 1.165) is 0 Å². The average molecular weight is 235 g/mol. The van der Waals surface area contributed by atoms with Crippen LogP contribution in [0, 0.1) is 19.3 Å². The molecule has 6 heteroatoms. The Hall–Kier alpha value is -2.29. The standard InChI is InChI=1S/C11H13N3O3/c1-4-5-12-10(15)7-14-8(2)13-6-9(14)11(16)17-3/h1,6H,5,7H2,2-3H3,(H,12,15). The molecular formula is C11H13N3O3. The Morgan fingerprint density at radius 3 is 2.94 bits per heavy atom. The van der Waals surface area contributed by atoms with Crippen molar-refractivity contribution in [1.82, 2.24) is 14.9 Å². The van der Waals surface area contributed by atoms with Crippen molar-refractivity contribution in [3.8, 4) is 12.3 Å². The molecule has 1 amide bonds. The Balaban J connectivity index is 2.83. The van der Waals surface area contributed by atoms with Crippen LogP contribution in [0.2, 0.25) is 0 Å². The van der Waals surface area contributed by atoms with E-state index in [4.69, 9.17) is 6.42 Å². The van der Waals surface area contributed by atoms with Crippen LogP contribution in [0.15, 0.2) is 6.20 Å². The lowest BCUT2D eigenvalue weighted by molar-refractivity contribution is -0.121. The summed E-state index contributed by atoms with van der Waals surface area (Å²) in [6.45, 7) is 1.83. The van der Waals surface area contributed by atoms with Crippen molar-refractivity contribution in [2.24, 2.45) is 0 Å². The van der Waals surface area contributed by atoms with Crippen molar-refractivity contribution in [2.75, 3.05) is 13.7 Å². The number of amides is 1. The molecule has 1 heterocycles. The van der Waals surface area contributed by atoms with E-state index in [0.29, 0.717) is 5.82 Å². The maximum atomic E-state index is 11.5. The lowest BCUT2D eigenvalue weighted by atomic mass is 10.4. The Labute approximate surface area is 99.0 Å². The predicted octanol–water partition coefficient (Wildman–Crippen LogP) is -0.272. The fourth-order valence-corrected chi connectivity index (χ4v) is 1.28. The van der Waals surface area contributed by atoms with Crippen LogP contribution in [0.3, 0.4) is 0 Å². The zero-order valence-electron chi connectivity index (χ0n) is 9.69. The monoisotopic (exact) mass is 235 g/mol. The largest absolute Gasteiger partial charge is 0.464 e. The molecule has 0 aliphatic rings. The van der Waals surface area contributed by atoms with E-state index in [-0.39, 0.29) is 24.7 Å². The molecule has 0 saturated heterocycles. The minimum absolute atomic E-state index is 0.0159. The van der Waals surface area contributed by atoms with Crippen molar-refractivity contribution in [3.05, 3.63) is 17.7 Å². The second-order valence-electron chi connectivity index (χ2n) is 3.25. The van der Waals surface area contributed by atoms with Gasteiger partial charge in [0.05, 0.1) is 19.9 Å². The highest BCUT2D eigenvalue weighted by Crippen LogP contribution is 2.05. The Morgan fingerprint density at radius 2 is 2.35 bits per heavy atom. The highest BCUT2D eigenvalue weighted by atomic mass is 16.5. The number of carbonyl (C=O) groups is 2. The van der Waals surface area contributed by atoms with Crippen LogP contribution in [0.5, 0.6) is 0 Å². The molecular weight excluding hydrogens is 222 g/mol. The fraction of sp³-hybridized carbons (Fsp3) is 0.364. The number of esters is 1. The SMILES string of the molecule is C#CCNC(=O)Cn1c(C(=O)OC)cnc1C. The molecule has 0 radical (unpaired) electrons. The number of nitrogens with zero attached hydrogens (tertiary/aromatic N) is 2. The number of hydrogen-bond acceptors (Lipinski definition) is 4. The molecule has 0 bridgehead atoms. The molecule has 0 atom stereocenters. The first-order valence-corrected chi connectivity index (χ1v) is 4.90.